The summed E-state index contributed by atoms with van der Waals surface area (Å²) in [4.78, 5) is 26.7. The summed E-state index contributed by atoms with van der Waals surface area (Å²) < 4.78 is 41.7. The Bertz CT molecular complexity index is 1680. The highest BCUT2D eigenvalue weighted by atomic mass is 35.5. The summed E-state index contributed by atoms with van der Waals surface area (Å²) in [5.74, 6) is 1.49. The van der Waals surface area contributed by atoms with Crippen molar-refractivity contribution in [1.29, 1.82) is 0 Å². The standard InChI is InChI=1S/C33H50ClN7O5SSi/c1-9-18-47(43,44)40-25-12-10-11-24(27(25)34)28-29(41(30(39-28)23-13-14-23)21-45-17-19-48(6,7)8)26-15-16-35-31(38-26)36-20-22(2)37-32(42)46-33(3,4)5/h10-12,15-16,22-23,40H,9,13-14,17-21H2,1-8H3,(H,37,42)(H,35,36,38). The van der Waals surface area contributed by atoms with Crippen molar-refractivity contribution in [3.63, 3.8) is 0 Å². The molecule has 1 saturated carbocycles. The average Bonchev–Trinajstić information content (AvgIpc) is 3.74. The number of ether oxygens (including phenoxy) is 2. The largest absolute Gasteiger partial charge is 0.444 e. The molecule has 15 heteroatoms. The van der Waals surface area contributed by atoms with Gasteiger partial charge < -0.3 is 24.7 Å². The fraction of sp³-hybridized carbons (Fsp3) is 0.576. The lowest BCUT2D eigenvalue weighted by molar-refractivity contribution is 0.0511. The Labute approximate surface area is 290 Å². The van der Waals surface area contributed by atoms with Crippen molar-refractivity contribution in [2.75, 3.05) is 28.9 Å². The van der Waals surface area contributed by atoms with E-state index in [0.717, 1.165) is 24.7 Å². The number of carbonyl (C=O) groups excluding carboxylic acids is 1. The number of alkyl carbamates (subject to hydrolysis) is 1. The maximum Gasteiger partial charge on any atom is 0.407 e. The summed E-state index contributed by atoms with van der Waals surface area (Å²) in [6.07, 6.45) is 3.65. The zero-order chi connectivity index (χ0) is 35.3. The fourth-order valence-corrected chi connectivity index (χ4v) is 7.12. The minimum Gasteiger partial charge on any atom is -0.444 e. The number of hydrogen-bond donors (Lipinski definition) is 3. The number of halogens is 1. The Morgan fingerprint density at radius 3 is 2.54 bits per heavy atom. The van der Waals surface area contributed by atoms with E-state index in [1.54, 1.807) is 18.3 Å². The molecule has 1 atom stereocenters. The Hall–Kier alpha value is -3.20. The van der Waals surface area contributed by atoms with Gasteiger partial charge in [0.25, 0.3) is 0 Å². The molecule has 0 saturated heterocycles. The van der Waals surface area contributed by atoms with Crippen LogP contribution in [0, 0.1) is 0 Å². The van der Waals surface area contributed by atoms with E-state index in [1.807, 2.05) is 46.8 Å². The number of anilines is 2. The number of imidazole rings is 1. The first kappa shape index (κ1) is 37.6. The summed E-state index contributed by atoms with van der Waals surface area (Å²) in [7, 11) is -4.90. The van der Waals surface area contributed by atoms with Gasteiger partial charge in [-0.3, -0.25) is 4.72 Å². The third-order valence-corrected chi connectivity index (χ3v) is 11.0. The molecule has 1 amide bonds. The quantitative estimate of drug-likeness (QED) is 0.102. The second-order valence-corrected chi connectivity index (χ2v) is 22.3. The normalized spacial score (nSPS) is 14.4. The van der Waals surface area contributed by atoms with Crippen molar-refractivity contribution in [1.82, 2.24) is 24.8 Å². The molecule has 0 aliphatic heterocycles. The third kappa shape index (κ3) is 10.9. The number of rotatable bonds is 16. The number of amides is 1. The van der Waals surface area contributed by atoms with Crippen molar-refractivity contribution in [2.24, 2.45) is 0 Å². The highest BCUT2D eigenvalue weighted by Crippen LogP contribution is 2.45. The first-order valence-corrected chi connectivity index (χ1v) is 22.2. The highest BCUT2D eigenvalue weighted by Gasteiger charge is 2.33. The lowest BCUT2D eigenvalue weighted by Crippen LogP contribution is -2.41. The molecule has 12 nitrogen and oxygen atoms in total. The van der Waals surface area contributed by atoms with Gasteiger partial charge in [0.1, 0.15) is 18.2 Å². The Morgan fingerprint density at radius 2 is 1.90 bits per heavy atom. The van der Waals surface area contributed by atoms with E-state index in [9.17, 15) is 13.2 Å². The summed E-state index contributed by atoms with van der Waals surface area (Å²) in [6.45, 7) is 17.3. The lowest BCUT2D eigenvalue weighted by atomic mass is 10.1. The number of aromatic nitrogens is 4. The lowest BCUT2D eigenvalue weighted by Gasteiger charge is -2.22. The highest BCUT2D eigenvalue weighted by molar-refractivity contribution is 7.92. The van der Waals surface area contributed by atoms with Gasteiger partial charge in [0.2, 0.25) is 16.0 Å². The van der Waals surface area contributed by atoms with Gasteiger partial charge in [0.15, 0.2) is 0 Å². The predicted octanol–water partition coefficient (Wildman–Crippen LogP) is 7.33. The average molecular weight is 720 g/mol. The summed E-state index contributed by atoms with van der Waals surface area (Å²) in [5, 5.41) is 6.29. The zero-order valence-corrected chi connectivity index (χ0v) is 31.9. The van der Waals surface area contributed by atoms with Crippen molar-refractivity contribution < 1.29 is 22.7 Å². The molecule has 1 unspecified atom stereocenters. The molecule has 1 aliphatic carbocycles. The van der Waals surface area contributed by atoms with Gasteiger partial charge in [-0.1, -0.05) is 50.3 Å². The van der Waals surface area contributed by atoms with E-state index in [4.69, 9.17) is 31.0 Å². The maximum atomic E-state index is 12.7. The van der Waals surface area contributed by atoms with Crippen LogP contribution >= 0.6 is 11.6 Å². The summed E-state index contributed by atoms with van der Waals surface area (Å²) >= 11 is 6.95. The third-order valence-electron chi connectivity index (χ3n) is 7.38. The van der Waals surface area contributed by atoms with Crippen molar-refractivity contribution in [3.05, 3.63) is 41.3 Å². The monoisotopic (exact) mass is 719 g/mol. The summed E-state index contributed by atoms with van der Waals surface area (Å²) in [5.41, 5.74) is 2.14. The van der Waals surface area contributed by atoms with Gasteiger partial charge in [0.05, 0.1) is 33.5 Å². The molecule has 2 aromatic heterocycles. The topological polar surface area (TPSA) is 149 Å². The van der Waals surface area contributed by atoms with Crippen LogP contribution in [0.15, 0.2) is 30.5 Å². The number of sulfonamides is 1. The molecule has 264 valence electrons. The first-order chi connectivity index (χ1) is 22.5. The molecule has 0 radical (unpaired) electrons. The molecule has 3 aromatic rings. The summed E-state index contributed by atoms with van der Waals surface area (Å²) in [6, 6.07) is 7.81. The van der Waals surface area contributed by atoms with Crippen LogP contribution in [0.1, 0.15) is 65.6 Å². The van der Waals surface area contributed by atoms with Gasteiger partial charge in [-0.25, -0.2) is 28.2 Å². The van der Waals surface area contributed by atoms with E-state index in [0.29, 0.717) is 53.9 Å². The number of hydrogen-bond acceptors (Lipinski definition) is 9. The van der Waals surface area contributed by atoms with Crippen LogP contribution < -0.4 is 15.4 Å². The molecular weight excluding hydrogens is 670 g/mol. The number of carbonyl (C=O) groups is 1. The molecule has 0 spiro atoms. The van der Waals surface area contributed by atoms with Crippen LogP contribution in [0.2, 0.25) is 30.7 Å². The van der Waals surface area contributed by atoms with Crippen molar-refractivity contribution in [2.45, 2.75) is 104 Å². The van der Waals surface area contributed by atoms with Gasteiger partial charge >= 0.3 is 6.09 Å². The fourth-order valence-electron chi connectivity index (χ4n) is 4.90. The van der Waals surface area contributed by atoms with Gasteiger partial charge in [-0.05, 0) is 65.1 Å². The second kappa shape index (κ2) is 15.6. The van der Waals surface area contributed by atoms with Gasteiger partial charge in [0, 0.05) is 44.9 Å². The Morgan fingerprint density at radius 1 is 1.17 bits per heavy atom. The molecule has 4 rings (SSSR count). The zero-order valence-electron chi connectivity index (χ0n) is 29.3. The van der Waals surface area contributed by atoms with E-state index in [1.165, 1.54) is 0 Å². The number of nitrogens with one attached hydrogen (secondary N) is 3. The smallest absolute Gasteiger partial charge is 0.407 e. The van der Waals surface area contributed by atoms with E-state index >= 15 is 0 Å². The molecule has 2 heterocycles. The van der Waals surface area contributed by atoms with Crippen molar-refractivity contribution in [3.8, 4) is 22.6 Å². The molecule has 3 N–H and O–H groups in total. The van der Waals surface area contributed by atoms with Crippen LogP contribution in [0.25, 0.3) is 22.6 Å². The van der Waals surface area contributed by atoms with Gasteiger partial charge in [-0.2, -0.15) is 0 Å². The number of nitrogens with zero attached hydrogens (tertiary/aromatic N) is 4. The van der Waals surface area contributed by atoms with Crippen LogP contribution in [0.3, 0.4) is 0 Å². The van der Waals surface area contributed by atoms with Crippen LogP contribution in [-0.2, 0) is 26.2 Å². The Kier molecular flexibility index (Phi) is 12.2. The molecule has 0 bridgehead atoms. The van der Waals surface area contributed by atoms with Crippen LogP contribution in [-0.4, -0.2) is 72.7 Å². The molecular formula is C33H50ClN7O5SSi. The Balaban J connectivity index is 1.72. The van der Waals surface area contributed by atoms with Crippen molar-refractivity contribution >= 4 is 47.4 Å². The van der Waals surface area contributed by atoms with Crippen LogP contribution in [0.4, 0.5) is 16.4 Å². The van der Waals surface area contributed by atoms with Crippen LogP contribution in [0.5, 0.6) is 0 Å². The minimum absolute atomic E-state index is 0.0172. The number of benzene rings is 1. The maximum absolute atomic E-state index is 12.7. The first-order valence-electron chi connectivity index (χ1n) is 16.5. The molecule has 1 fully saturated rings. The van der Waals surface area contributed by atoms with E-state index < -0.39 is 29.8 Å². The predicted molar refractivity (Wildman–Crippen MR) is 195 cm³/mol. The minimum atomic E-state index is -3.58. The van der Waals surface area contributed by atoms with E-state index in [-0.39, 0.29) is 29.5 Å². The molecule has 1 aliphatic rings. The van der Waals surface area contributed by atoms with Gasteiger partial charge in [-0.15, -0.1) is 0 Å². The SMILES string of the molecule is CCCS(=O)(=O)Nc1cccc(-c2nc(C3CC3)n(COCC[Si](C)(C)C)c2-c2ccnc(NCC(C)NC(=O)OC(C)(C)C)n2)c1Cl. The van der Waals surface area contributed by atoms with E-state index in [2.05, 4.69) is 44.5 Å². The second-order valence-electron chi connectivity index (χ2n) is 14.5. The molecule has 1 aromatic carbocycles. The molecule has 48 heavy (non-hydrogen) atoms.